The number of thiazole rings is 1. The van der Waals surface area contributed by atoms with Crippen molar-refractivity contribution in [2.45, 2.75) is 32.9 Å². The molecule has 5 nitrogen and oxygen atoms in total. The lowest BCUT2D eigenvalue weighted by Gasteiger charge is -2.11. The van der Waals surface area contributed by atoms with Gasteiger partial charge < -0.3 is 11.1 Å². The molecule has 0 saturated heterocycles. The largest absolute Gasteiger partial charge is 0.352 e. The van der Waals surface area contributed by atoms with E-state index < -0.39 is 0 Å². The van der Waals surface area contributed by atoms with Crippen LogP contribution < -0.4 is 11.1 Å². The second kappa shape index (κ2) is 7.28. The lowest BCUT2D eigenvalue weighted by atomic mass is 10.1. The van der Waals surface area contributed by atoms with Crippen LogP contribution in [0, 0.1) is 5.92 Å². The monoisotopic (exact) mass is 304 g/mol. The molecule has 112 valence electrons. The van der Waals surface area contributed by atoms with Crippen LogP contribution in [0.2, 0.25) is 0 Å². The van der Waals surface area contributed by atoms with Gasteiger partial charge in [0, 0.05) is 24.3 Å². The highest BCUT2D eigenvalue weighted by Crippen LogP contribution is 2.22. The van der Waals surface area contributed by atoms with E-state index in [1.807, 2.05) is 17.5 Å². The van der Waals surface area contributed by atoms with Gasteiger partial charge in [0.1, 0.15) is 5.01 Å². The maximum absolute atomic E-state index is 11.9. The van der Waals surface area contributed by atoms with E-state index in [1.54, 1.807) is 12.4 Å². The minimum atomic E-state index is -0.0661. The first-order valence-electron chi connectivity index (χ1n) is 6.91. The van der Waals surface area contributed by atoms with Crippen LogP contribution in [0.3, 0.4) is 0 Å². The van der Waals surface area contributed by atoms with Crippen molar-refractivity contribution in [2.75, 3.05) is 0 Å². The fourth-order valence-corrected chi connectivity index (χ4v) is 2.76. The molecule has 2 aromatic heterocycles. The van der Waals surface area contributed by atoms with Crippen LogP contribution in [0.1, 0.15) is 36.2 Å². The average molecular weight is 304 g/mol. The van der Waals surface area contributed by atoms with Gasteiger partial charge in [0.15, 0.2) is 0 Å². The maximum Gasteiger partial charge on any atom is 0.226 e. The second-order valence-corrected chi connectivity index (χ2v) is 6.15. The van der Waals surface area contributed by atoms with E-state index in [4.69, 9.17) is 5.73 Å². The van der Waals surface area contributed by atoms with E-state index in [1.165, 1.54) is 11.3 Å². The smallest absolute Gasteiger partial charge is 0.226 e. The fourth-order valence-electron chi connectivity index (χ4n) is 1.77. The zero-order valence-electron chi connectivity index (χ0n) is 12.2. The van der Waals surface area contributed by atoms with Gasteiger partial charge in [0.2, 0.25) is 5.91 Å². The molecule has 0 aliphatic carbocycles. The summed E-state index contributed by atoms with van der Waals surface area (Å²) < 4.78 is 0. The third-order valence-electron chi connectivity index (χ3n) is 3.15. The lowest BCUT2D eigenvalue weighted by molar-refractivity contribution is -0.120. The number of aromatic nitrogens is 2. The molecule has 0 spiro atoms. The molecule has 0 saturated carbocycles. The Hall–Kier alpha value is -1.79. The predicted molar refractivity (Wildman–Crippen MR) is 83.7 cm³/mol. The Morgan fingerprint density at radius 2 is 2.10 bits per heavy atom. The van der Waals surface area contributed by atoms with Gasteiger partial charge in [-0.3, -0.25) is 9.78 Å². The van der Waals surface area contributed by atoms with Crippen molar-refractivity contribution < 1.29 is 4.79 Å². The van der Waals surface area contributed by atoms with Gasteiger partial charge in [-0.25, -0.2) is 4.98 Å². The summed E-state index contributed by atoms with van der Waals surface area (Å²) in [5.41, 5.74) is 7.86. The molecule has 2 rings (SSSR count). The van der Waals surface area contributed by atoms with Crippen molar-refractivity contribution in [1.29, 1.82) is 0 Å². The molecule has 2 aromatic rings. The Bertz CT molecular complexity index is 582. The van der Waals surface area contributed by atoms with E-state index in [0.29, 0.717) is 12.5 Å². The molecule has 0 fully saturated rings. The van der Waals surface area contributed by atoms with Gasteiger partial charge >= 0.3 is 0 Å². The summed E-state index contributed by atoms with van der Waals surface area (Å²) >= 11 is 1.52. The molecular formula is C15H20N4OS. The van der Waals surface area contributed by atoms with Crippen LogP contribution in [0.4, 0.5) is 0 Å². The van der Waals surface area contributed by atoms with E-state index in [2.05, 4.69) is 29.1 Å². The zero-order chi connectivity index (χ0) is 15.2. The number of carbonyl (C=O) groups excluding carboxylic acids is 1. The first-order valence-corrected chi connectivity index (χ1v) is 7.79. The molecule has 0 aliphatic heterocycles. The molecule has 0 radical (unpaired) electrons. The summed E-state index contributed by atoms with van der Waals surface area (Å²) in [7, 11) is 0. The van der Waals surface area contributed by atoms with Gasteiger partial charge in [-0.15, -0.1) is 11.3 Å². The van der Waals surface area contributed by atoms with Crippen molar-refractivity contribution in [1.82, 2.24) is 15.3 Å². The summed E-state index contributed by atoms with van der Waals surface area (Å²) in [5, 5.41) is 5.67. The van der Waals surface area contributed by atoms with E-state index >= 15 is 0 Å². The zero-order valence-corrected chi connectivity index (χ0v) is 13.1. The standard InChI is InChI=1S/C15H20N4OS/c1-10(2)14(16)15-19-12(9-21-15)7-13(20)18-8-11-3-5-17-6-4-11/h3-6,9-10,14H,7-8,16H2,1-2H3,(H,18,20). The Balaban J connectivity index is 1.85. The van der Waals surface area contributed by atoms with Crippen molar-refractivity contribution in [3.8, 4) is 0 Å². The van der Waals surface area contributed by atoms with Crippen molar-refractivity contribution >= 4 is 17.2 Å². The minimum absolute atomic E-state index is 0.0400. The molecule has 3 N–H and O–H groups in total. The minimum Gasteiger partial charge on any atom is -0.352 e. The van der Waals surface area contributed by atoms with Crippen molar-refractivity contribution in [3.63, 3.8) is 0 Å². The van der Waals surface area contributed by atoms with Gasteiger partial charge in [0.25, 0.3) is 0 Å². The van der Waals surface area contributed by atoms with Crippen LogP contribution in [0.25, 0.3) is 0 Å². The normalized spacial score (nSPS) is 12.4. The molecule has 1 atom stereocenters. The van der Waals surface area contributed by atoms with Crippen LogP contribution >= 0.6 is 11.3 Å². The third kappa shape index (κ3) is 4.61. The van der Waals surface area contributed by atoms with Crippen molar-refractivity contribution in [2.24, 2.45) is 11.7 Å². The quantitative estimate of drug-likeness (QED) is 0.856. The predicted octanol–water partition coefficient (Wildman–Crippen LogP) is 2.05. The fraction of sp³-hybridized carbons (Fsp3) is 0.400. The number of hydrogen-bond acceptors (Lipinski definition) is 5. The number of amides is 1. The summed E-state index contributed by atoms with van der Waals surface area (Å²) in [6.45, 7) is 4.63. The average Bonchev–Trinajstić information content (AvgIpc) is 2.93. The number of pyridine rings is 1. The number of carbonyl (C=O) groups is 1. The Kier molecular flexibility index (Phi) is 5.41. The molecule has 0 aliphatic rings. The van der Waals surface area contributed by atoms with Crippen LogP contribution in [0.15, 0.2) is 29.9 Å². The molecule has 1 amide bonds. The van der Waals surface area contributed by atoms with Crippen molar-refractivity contribution in [3.05, 3.63) is 46.2 Å². The number of nitrogens with zero attached hydrogens (tertiary/aromatic N) is 2. The highest BCUT2D eigenvalue weighted by molar-refractivity contribution is 7.09. The molecular weight excluding hydrogens is 284 g/mol. The lowest BCUT2D eigenvalue weighted by Crippen LogP contribution is -2.24. The molecule has 21 heavy (non-hydrogen) atoms. The highest BCUT2D eigenvalue weighted by atomic mass is 32.1. The Morgan fingerprint density at radius 1 is 1.38 bits per heavy atom. The van der Waals surface area contributed by atoms with Gasteiger partial charge in [-0.2, -0.15) is 0 Å². The number of rotatable bonds is 6. The van der Waals surface area contributed by atoms with E-state index in [0.717, 1.165) is 16.3 Å². The van der Waals surface area contributed by atoms with E-state index in [-0.39, 0.29) is 18.4 Å². The number of nitrogens with one attached hydrogen (secondary N) is 1. The molecule has 1 unspecified atom stereocenters. The van der Waals surface area contributed by atoms with Gasteiger partial charge in [0.05, 0.1) is 18.2 Å². The third-order valence-corrected chi connectivity index (χ3v) is 4.15. The molecule has 0 bridgehead atoms. The number of hydrogen-bond donors (Lipinski definition) is 2. The van der Waals surface area contributed by atoms with Crippen LogP contribution in [-0.4, -0.2) is 15.9 Å². The first-order chi connectivity index (χ1) is 10.1. The Morgan fingerprint density at radius 3 is 2.76 bits per heavy atom. The van der Waals surface area contributed by atoms with Crippen LogP contribution in [0.5, 0.6) is 0 Å². The molecule has 2 heterocycles. The summed E-state index contributed by atoms with van der Waals surface area (Å²) in [4.78, 5) is 20.3. The molecule has 0 aromatic carbocycles. The topological polar surface area (TPSA) is 80.9 Å². The Labute approximate surface area is 128 Å². The maximum atomic E-state index is 11.9. The SMILES string of the molecule is CC(C)C(N)c1nc(CC(=O)NCc2ccncc2)cs1. The summed E-state index contributed by atoms with van der Waals surface area (Å²) in [6.07, 6.45) is 3.70. The van der Waals surface area contributed by atoms with Gasteiger partial charge in [-0.05, 0) is 23.6 Å². The van der Waals surface area contributed by atoms with Crippen LogP contribution in [-0.2, 0) is 17.8 Å². The van der Waals surface area contributed by atoms with E-state index in [9.17, 15) is 4.79 Å². The van der Waals surface area contributed by atoms with Gasteiger partial charge in [-0.1, -0.05) is 13.8 Å². The number of nitrogens with two attached hydrogens (primary N) is 1. The first kappa shape index (κ1) is 15.6. The molecule has 6 heteroatoms. The summed E-state index contributed by atoms with van der Waals surface area (Å²) in [6, 6.07) is 3.69. The highest BCUT2D eigenvalue weighted by Gasteiger charge is 2.15. The second-order valence-electron chi connectivity index (χ2n) is 5.26. The summed E-state index contributed by atoms with van der Waals surface area (Å²) in [5.74, 6) is 0.297.